The van der Waals surface area contributed by atoms with E-state index in [4.69, 9.17) is 5.73 Å². The van der Waals surface area contributed by atoms with E-state index in [1.54, 1.807) is 18.3 Å². The molecule has 1 heterocycles. The molecule has 1 aromatic heterocycles. The van der Waals surface area contributed by atoms with Crippen molar-refractivity contribution in [2.45, 2.75) is 32.2 Å². The minimum atomic E-state index is -0.276. The molecule has 0 aliphatic carbocycles. The average Bonchev–Trinajstić information content (AvgIpc) is 2.79. The lowest BCUT2D eigenvalue weighted by Crippen LogP contribution is -2.52. The maximum absolute atomic E-state index is 11.8. The molecule has 84 valence electrons. The van der Waals surface area contributed by atoms with Crippen LogP contribution in [0.4, 0.5) is 0 Å². The predicted molar refractivity (Wildman–Crippen MR) is 60.6 cm³/mol. The number of H-pyrrole nitrogens is 1. The summed E-state index contributed by atoms with van der Waals surface area (Å²) in [5.74, 6) is -0.0887. The largest absolute Gasteiger partial charge is 0.357 e. The van der Waals surface area contributed by atoms with Gasteiger partial charge in [-0.25, -0.2) is 0 Å². The van der Waals surface area contributed by atoms with Crippen molar-refractivity contribution in [2.75, 3.05) is 6.54 Å². The molecule has 0 atom stereocenters. The van der Waals surface area contributed by atoms with E-state index < -0.39 is 0 Å². The Kier molecular flexibility index (Phi) is 3.91. The van der Waals surface area contributed by atoms with E-state index in [2.05, 4.69) is 10.3 Å². The molecule has 15 heavy (non-hydrogen) atoms. The minimum Gasteiger partial charge on any atom is -0.357 e. The molecule has 0 unspecified atom stereocenters. The molecule has 0 aliphatic heterocycles. The Morgan fingerprint density at radius 3 is 2.60 bits per heavy atom. The van der Waals surface area contributed by atoms with Crippen molar-refractivity contribution in [3.8, 4) is 0 Å². The third-order valence-corrected chi connectivity index (χ3v) is 2.97. The summed E-state index contributed by atoms with van der Waals surface area (Å²) in [4.78, 5) is 14.7. The first-order valence-electron chi connectivity index (χ1n) is 5.33. The Balaban J connectivity index is 2.71. The van der Waals surface area contributed by atoms with Crippen molar-refractivity contribution in [1.29, 1.82) is 0 Å². The Bertz CT molecular complexity index is 293. The summed E-state index contributed by atoms with van der Waals surface area (Å²) in [5, 5.41) is 2.99. The number of aromatic amines is 1. The van der Waals surface area contributed by atoms with Crippen LogP contribution in [-0.2, 0) is 0 Å². The molecule has 0 saturated carbocycles. The van der Waals surface area contributed by atoms with Crippen LogP contribution in [0, 0.1) is 0 Å². The molecule has 0 aromatic carbocycles. The molecule has 0 bridgehead atoms. The zero-order valence-electron chi connectivity index (χ0n) is 9.34. The number of nitrogens with two attached hydrogens (primary N) is 1. The topological polar surface area (TPSA) is 70.9 Å². The molecule has 1 amide bonds. The summed E-state index contributed by atoms with van der Waals surface area (Å²) in [6.07, 6.45) is 3.41. The Morgan fingerprint density at radius 2 is 2.20 bits per heavy atom. The average molecular weight is 209 g/mol. The number of aromatic nitrogens is 1. The maximum Gasteiger partial charge on any atom is 0.268 e. The van der Waals surface area contributed by atoms with Gasteiger partial charge in [0.25, 0.3) is 5.91 Å². The van der Waals surface area contributed by atoms with Gasteiger partial charge in [0.1, 0.15) is 5.69 Å². The lowest BCUT2D eigenvalue weighted by atomic mass is 9.93. The van der Waals surface area contributed by atoms with Gasteiger partial charge < -0.3 is 16.0 Å². The Labute approximate surface area is 90.2 Å². The molecule has 4 N–H and O–H groups in total. The predicted octanol–water partition coefficient (Wildman–Crippen LogP) is 1.26. The van der Waals surface area contributed by atoms with Crippen LogP contribution in [-0.4, -0.2) is 23.0 Å². The molecule has 0 spiro atoms. The number of carbonyl (C=O) groups excluding carboxylic acids is 1. The normalized spacial score (nSPS) is 11.4. The van der Waals surface area contributed by atoms with Gasteiger partial charge in [0, 0.05) is 12.7 Å². The van der Waals surface area contributed by atoms with E-state index in [0.29, 0.717) is 12.2 Å². The van der Waals surface area contributed by atoms with Crippen LogP contribution >= 0.6 is 0 Å². The highest BCUT2D eigenvalue weighted by Crippen LogP contribution is 2.13. The highest BCUT2D eigenvalue weighted by molar-refractivity contribution is 5.92. The van der Waals surface area contributed by atoms with Crippen LogP contribution in [0.3, 0.4) is 0 Å². The zero-order chi connectivity index (χ0) is 11.3. The first-order valence-corrected chi connectivity index (χ1v) is 5.33. The molecule has 0 fully saturated rings. The summed E-state index contributed by atoms with van der Waals surface area (Å²) in [6.45, 7) is 4.53. The Morgan fingerprint density at radius 1 is 1.53 bits per heavy atom. The fraction of sp³-hybridized carbons (Fsp3) is 0.545. The third-order valence-electron chi connectivity index (χ3n) is 2.97. The van der Waals surface area contributed by atoms with Gasteiger partial charge in [-0.3, -0.25) is 4.79 Å². The highest BCUT2D eigenvalue weighted by Gasteiger charge is 2.26. The van der Waals surface area contributed by atoms with Crippen LogP contribution in [0.5, 0.6) is 0 Å². The van der Waals surface area contributed by atoms with Crippen molar-refractivity contribution in [2.24, 2.45) is 5.73 Å². The van der Waals surface area contributed by atoms with Crippen LogP contribution in [0.1, 0.15) is 37.2 Å². The van der Waals surface area contributed by atoms with Gasteiger partial charge in [0.2, 0.25) is 0 Å². The minimum absolute atomic E-state index is 0.0887. The number of amides is 1. The molecule has 1 rings (SSSR count). The van der Waals surface area contributed by atoms with E-state index in [1.165, 1.54) is 0 Å². The smallest absolute Gasteiger partial charge is 0.268 e. The van der Waals surface area contributed by atoms with E-state index in [1.807, 2.05) is 13.8 Å². The van der Waals surface area contributed by atoms with Gasteiger partial charge in [0.15, 0.2) is 0 Å². The molecule has 0 radical (unpaired) electrons. The number of nitrogens with one attached hydrogen (secondary N) is 2. The molecule has 4 nitrogen and oxygen atoms in total. The van der Waals surface area contributed by atoms with Gasteiger partial charge >= 0.3 is 0 Å². The first-order chi connectivity index (χ1) is 7.17. The fourth-order valence-corrected chi connectivity index (χ4v) is 1.55. The van der Waals surface area contributed by atoms with E-state index >= 15 is 0 Å². The lowest BCUT2D eigenvalue weighted by molar-refractivity contribution is 0.0890. The molecule has 4 heteroatoms. The van der Waals surface area contributed by atoms with Crippen molar-refractivity contribution in [3.05, 3.63) is 24.0 Å². The summed E-state index contributed by atoms with van der Waals surface area (Å²) in [7, 11) is 0. The second kappa shape index (κ2) is 4.98. The van der Waals surface area contributed by atoms with Gasteiger partial charge in [-0.1, -0.05) is 13.8 Å². The van der Waals surface area contributed by atoms with Gasteiger partial charge in [-0.15, -0.1) is 0 Å². The van der Waals surface area contributed by atoms with Crippen LogP contribution in [0.2, 0.25) is 0 Å². The molecule has 1 aromatic rings. The maximum atomic E-state index is 11.8. The molecule has 0 aliphatic rings. The monoisotopic (exact) mass is 209 g/mol. The molecular weight excluding hydrogens is 190 g/mol. The number of rotatable bonds is 5. The van der Waals surface area contributed by atoms with Crippen LogP contribution in [0.25, 0.3) is 0 Å². The molecule has 0 saturated heterocycles. The standard InChI is InChI=1S/C11H19N3O/c1-3-11(4-2,8-12)14-10(15)9-6-5-7-13-9/h5-7,13H,3-4,8,12H2,1-2H3,(H,14,15). The van der Waals surface area contributed by atoms with Crippen LogP contribution in [0.15, 0.2) is 18.3 Å². The number of carbonyl (C=O) groups is 1. The van der Waals surface area contributed by atoms with Crippen LogP contribution < -0.4 is 11.1 Å². The highest BCUT2D eigenvalue weighted by atomic mass is 16.2. The van der Waals surface area contributed by atoms with E-state index in [9.17, 15) is 4.79 Å². The lowest BCUT2D eigenvalue weighted by Gasteiger charge is -2.31. The Hall–Kier alpha value is -1.29. The summed E-state index contributed by atoms with van der Waals surface area (Å²) >= 11 is 0. The number of hydrogen-bond donors (Lipinski definition) is 3. The second-order valence-electron chi connectivity index (χ2n) is 3.73. The van der Waals surface area contributed by atoms with Crippen molar-refractivity contribution in [3.63, 3.8) is 0 Å². The van der Waals surface area contributed by atoms with Crippen molar-refractivity contribution in [1.82, 2.24) is 10.3 Å². The van der Waals surface area contributed by atoms with Crippen molar-refractivity contribution < 1.29 is 4.79 Å². The SMILES string of the molecule is CCC(CC)(CN)NC(=O)c1ccc[nH]1. The van der Waals surface area contributed by atoms with E-state index in [-0.39, 0.29) is 11.4 Å². The van der Waals surface area contributed by atoms with Gasteiger partial charge in [-0.2, -0.15) is 0 Å². The summed E-state index contributed by atoms with van der Waals surface area (Å²) < 4.78 is 0. The van der Waals surface area contributed by atoms with E-state index in [0.717, 1.165) is 12.8 Å². The summed E-state index contributed by atoms with van der Waals surface area (Å²) in [6, 6.07) is 3.55. The number of hydrogen-bond acceptors (Lipinski definition) is 2. The van der Waals surface area contributed by atoms with Crippen molar-refractivity contribution >= 4 is 5.91 Å². The first kappa shape index (κ1) is 11.8. The second-order valence-corrected chi connectivity index (χ2v) is 3.73. The summed E-state index contributed by atoms with van der Waals surface area (Å²) in [5.41, 5.74) is 6.01. The van der Waals surface area contributed by atoms with Gasteiger partial charge in [-0.05, 0) is 25.0 Å². The third kappa shape index (κ3) is 2.59. The zero-order valence-corrected chi connectivity index (χ0v) is 9.34. The molecular formula is C11H19N3O. The fourth-order valence-electron chi connectivity index (χ4n) is 1.55. The quantitative estimate of drug-likeness (QED) is 0.683. The van der Waals surface area contributed by atoms with Gasteiger partial charge in [0.05, 0.1) is 5.54 Å².